The molecular formula is C17H24N4O2. The topological polar surface area (TPSA) is 74.3 Å². The molecule has 23 heavy (non-hydrogen) atoms. The largest absolute Gasteiger partial charge is 0.336 e. The Balaban J connectivity index is 1.54. The minimum Gasteiger partial charge on any atom is -0.336 e. The van der Waals surface area contributed by atoms with Crippen LogP contribution in [-0.2, 0) is 4.79 Å². The number of pyridine rings is 1. The standard InChI is InChI=1S/C17H24N4O2/c1-12(10-13-6-7-13)19-17(23)20-15-5-3-9-21(16(15)22)14-4-2-8-18-11-14/h2,4,8,11-13,15H,3,5-7,9-10H2,1H3,(H2,19,20,23)/t12-,15+/m0/s1. The molecule has 2 N–H and O–H groups in total. The van der Waals surface area contributed by atoms with Gasteiger partial charge >= 0.3 is 6.03 Å². The number of urea groups is 1. The highest BCUT2D eigenvalue weighted by Crippen LogP contribution is 2.33. The number of nitrogens with zero attached hydrogens (tertiary/aromatic N) is 2. The van der Waals surface area contributed by atoms with Crippen LogP contribution >= 0.6 is 0 Å². The van der Waals surface area contributed by atoms with Gasteiger partial charge in [0.15, 0.2) is 0 Å². The lowest BCUT2D eigenvalue weighted by molar-refractivity contribution is -0.121. The monoisotopic (exact) mass is 316 g/mol. The van der Waals surface area contributed by atoms with Gasteiger partial charge in [0.1, 0.15) is 6.04 Å². The van der Waals surface area contributed by atoms with E-state index < -0.39 is 6.04 Å². The zero-order valence-electron chi connectivity index (χ0n) is 13.5. The molecule has 2 atom stereocenters. The Bertz CT molecular complexity index is 559. The van der Waals surface area contributed by atoms with Crippen LogP contribution in [0, 0.1) is 5.92 Å². The number of aromatic nitrogens is 1. The van der Waals surface area contributed by atoms with E-state index in [4.69, 9.17) is 0 Å². The Kier molecular flexibility index (Phi) is 4.79. The summed E-state index contributed by atoms with van der Waals surface area (Å²) < 4.78 is 0. The number of nitrogens with one attached hydrogen (secondary N) is 2. The van der Waals surface area contributed by atoms with Gasteiger partial charge in [-0.15, -0.1) is 0 Å². The number of amides is 3. The number of hydrogen-bond acceptors (Lipinski definition) is 3. The van der Waals surface area contributed by atoms with Crippen LogP contribution in [0.4, 0.5) is 10.5 Å². The van der Waals surface area contributed by atoms with Gasteiger partial charge in [-0.25, -0.2) is 4.79 Å². The van der Waals surface area contributed by atoms with Crippen LogP contribution in [0.1, 0.15) is 39.0 Å². The van der Waals surface area contributed by atoms with Crippen LogP contribution in [0.3, 0.4) is 0 Å². The van der Waals surface area contributed by atoms with E-state index in [9.17, 15) is 9.59 Å². The maximum Gasteiger partial charge on any atom is 0.315 e. The molecule has 2 fully saturated rings. The first-order valence-electron chi connectivity index (χ1n) is 8.42. The molecule has 6 nitrogen and oxygen atoms in total. The number of hydrogen-bond donors (Lipinski definition) is 2. The average molecular weight is 316 g/mol. The van der Waals surface area contributed by atoms with Crippen molar-refractivity contribution in [3.05, 3.63) is 24.5 Å². The molecule has 2 aliphatic rings. The molecule has 0 radical (unpaired) electrons. The SMILES string of the molecule is C[C@@H](CC1CC1)NC(=O)N[C@@H]1CCCN(c2cccnc2)C1=O. The highest BCUT2D eigenvalue weighted by molar-refractivity contribution is 5.99. The lowest BCUT2D eigenvalue weighted by Crippen LogP contribution is -2.55. The van der Waals surface area contributed by atoms with Crippen molar-refractivity contribution in [1.82, 2.24) is 15.6 Å². The van der Waals surface area contributed by atoms with E-state index in [-0.39, 0.29) is 18.0 Å². The molecule has 1 saturated heterocycles. The number of carbonyl (C=O) groups excluding carboxylic acids is 2. The summed E-state index contributed by atoms with van der Waals surface area (Å²) in [6, 6.07) is 3.12. The predicted molar refractivity (Wildman–Crippen MR) is 88.1 cm³/mol. The fourth-order valence-corrected chi connectivity index (χ4v) is 3.12. The van der Waals surface area contributed by atoms with E-state index in [1.54, 1.807) is 17.3 Å². The third-order valence-corrected chi connectivity index (χ3v) is 4.46. The van der Waals surface area contributed by atoms with Crippen molar-refractivity contribution in [3.8, 4) is 0 Å². The Morgan fingerprint density at radius 3 is 2.96 bits per heavy atom. The fourth-order valence-electron chi connectivity index (χ4n) is 3.12. The molecule has 0 aromatic carbocycles. The van der Waals surface area contributed by atoms with E-state index >= 15 is 0 Å². The van der Waals surface area contributed by atoms with Crippen LogP contribution in [0.25, 0.3) is 0 Å². The summed E-state index contributed by atoms with van der Waals surface area (Å²) >= 11 is 0. The van der Waals surface area contributed by atoms with Gasteiger partial charge in [-0.1, -0.05) is 12.8 Å². The summed E-state index contributed by atoms with van der Waals surface area (Å²) in [4.78, 5) is 30.5. The summed E-state index contributed by atoms with van der Waals surface area (Å²) in [5.74, 6) is 0.705. The average Bonchev–Trinajstić information content (AvgIpc) is 3.34. The quantitative estimate of drug-likeness (QED) is 0.873. The van der Waals surface area contributed by atoms with Crippen LogP contribution in [0.2, 0.25) is 0 Å². The molecule has 0 bridgehead atoms. The Hall–Kier alpha value is -2.11. The van der Waals surface area contributed by atoms with Crippen molar-refractivity contribution in [2.45, 2.75) is 51.1 Å². The second kappa shape index (κ2) is 6.98. The number of anilines is 1. The fraction of sp³-hybridized carbons (Fsp3) is 0.588. The molecule has 2 heterocycles. The normalized spacial score (nSPS) is 22.6. The number of carbonyl (C=O) groups is 2. The summed E-state index contributed by atoms with van der Waals surface area (Å²) in [5, 5.41) is 5.77. The van der Waals surface area contributed by atoms with Gasteiger partial charge in [-0.05, 0) is 44.2 Å². The molecule has 1 aliphatic heterocycles. The molecular weight excluding hydrogens is 292 g/mol. The molecule has 1 aromatic rings. The predicted octanol–water partition coefficient (Wildman–Crippen LogP) is 2.06. The highest BCUT2D eigenvalue weighted by atomic mass is 16.2. The molecule has 124 valence electrons. The minimum atomic E-state index is -0.461. The van der Waals surface area contributed by atoms with Gasteiger partial charge in [0.05, 0.1) is 11.9 Å². The summed E-state index contributed by atoms with van der Waals surface area (Å²) in [6.07, 6.45) is 8.47. The Morgan fingerprint density at radius 1 is 1.43 bits per heavy atom. The summed E-state index contributed by atoms with van der Waals surface area (Å²) in [7, 11) is 0. The van der Waals surface area contributed by atoms with Crippen LogP contribution in [-0.4, -0.2) is 35.6 Å². The molecule has 1 aliphatic carbocycles. The van der Waals surface area contributed by atoms with Crippen molar-refractivity contribution < 1.29 is 9.59 Å². The summed E-state index contributed by atoms with van der Waals surface area (Å²) in [5.41, 5.74) is 0.784. The van der Waals surface area contributed by atoms with Crippen molar-refractivity contribution in [3.63, 3.8) is 0 Å². The van der Waals surface area contributed by atoms with Gasteiger partial charge in [0, 0.05) is 18.8 Å². The number of piperidine rings is 1. The first kappa shape index (κ1) is 15.8. The molecule has 1 saturated carbocycles. The van der Waals surface area contributed by atoms with E-state index in [1.165, 1.54) is 12.8 Å². The molecule has 6 heteroatoms. The lowest BCUT2D eigenvalue weighted by atomic mass is 10.0. The van der Waals surface area contributed by atoms with Gasteiger partial charge in [0.25, 0.3) is 0 Å². The second-order valence-electron chi connectivity index (χ2n) is 6.59. The maximum atomic E-state index is 12.6. The number of rotatable bonds is 5. The first-order chi connectivity index (χ1) is 11.1. The smallest absolute Gasteiger partial charge is 0.315 e. The maximum absolute atomic E-state index is 12.6. The zero-order valence-corrected chi connectivity index (χ0v) is 13.5. The minimum absolute atomic E-state index is 0.0609. The molecule has 0 unspecified atom stereocenters. The second-order valence-corrected chi connectivity index (χ2v) is 6.59. The zero-order chi connectivity index (χ0) is 16.2. The van der Waals surface area contributed by atoms with E-state index in [1.807, 2.05) is 19.1 Å². The molecule has 3 amide bonds. The third-order valence-electron chi connectivity index (χ3n) is 4.46. The van der Waals surface area contributed by atoms with Gasteiger partial charge < -0.3 is 15.5 Å². The van der Waals surface area contributed by atoms with Crippen molar-refractivity contribution in [2.75, 3.05) is 11.4 Å². The van der Waals surface area contributed by atoms with Crippen molar-refractivity contribution in [2.24, 2.45) is 5.92 Å². The Morgan fingerprint density at radius 2 is 2.26 bits per heavy atom. The summed E-state index contributed by atoms with van der Waals surface area (Å²) in [6.45, 7) is 2.69. The highest BCUT2D eigenvalue weighted by Gasteiger charge is 2.31. The Labute approximate surface area is 136 Å². The van der Waals surface area contributed by atoms with Crippen LogP contribution < -0.4 is 15.5 Å². The molecule has 1 aromatic heterocycles. The van der Waals surface area contributed by atoms with E-state index in [0.29, 0.717) is 13.0 Å². The van der Waals surface area contributed by atoms with Gasteiger partial charge in [-0.2, -0.15) is 0 Å². The van der Waals surface area contributed by atoms with Crippen molar-refractivity contribution >= 4 is 17.6 Å². The van der Waals surface area contributed by atoms with Crippen LogP contribution in [0.5, 0.6) is 0 Å². The van der Waals surface area contributed by atoms with E-state index in [2.05, 4.69) is 15.6 Å². The molecule has 3 rings (SSSR count). The molecule has 0 spiro atoms. The first-order valence-corrected chi connectivity index (χ1v) is 8.42. The van der Waals surface area contributed by atoms with E-state index in [0.717, 1.165) is 24.4 Å². The third kappa shape index (κ3) is 4.21. The van der Waals surface area contributed by atoms with Crippen LogP contribution in [0.15, 0.2) is 24.5 Å². The van der Waals surface area contributed by atoms with Crippen molar-refractivity contribution in [1.29, 1.82) is 0 Å². The lowest BCUT2D eigenvalue weighted by Gasteiger charge is -2.32. The van der Waals surface area contributed by atoms with Gasteiger partial charge in [0.2, 0.25) is 5.91 Å². The van der Waals surface area contributed by atoms with Gasteiger partial charge in [-0.3, -0.25) is 9.78 Å².